The summed E-state index contributed by atoms with van der Waals surface area (Å²) in [6.45, 7) is 2.09. The van der Waals surface area contributed by atoms with Crippen molar-refractivity contribution in [2.45, 2.75) is 37.6 Å². The number of alkyl halides is 3. The summed E-state index contributed by atoms with van der Waals surface area (Å²) in [7, 11) is 0. The van der Waals surface area contributed by atoms with E-state index in [9.17, 15) is 18.0 Å². The molecule has 0 unspecified atom stereocenters. The molecule has 2 atom stereocenters. The lowest BCUT2D eigenvalue weighted by Gasteiger charge is -2.48. The third-order valence-electron chi connectivity index (χ3n) is 5.75. The van der Waals surface area contributed by atoms with Gasteiger partial charge in [0, 0.05) is 18.9 Å². The van der Waals surface area contributed by atoms with Crippen molar-refractivity contribution in [3.63, 3.8) is 0 Å². The van der Waals surface area contributed by atoms with Gasteiger partial charge in [0.05, 0.1) is 18.0 Å². The normalized spacial score (nSPS) is 21.0. The number of aromatic nitrogens is 4. The van der Waals surface area contributed by atoms with Crippen LogP contribution in [0.5, 0.6) is 5.88 Å². The third-order valence-corrected chi connectivity index (χ3v) is 5.75. The summed E-state index contributed by atoms with van der Waals surface area (Å²) in [5, 5.41) is 0. The lowest BCUT2D eigenvalue weighted by atomic mass is 9.77. The van der Waals surface area contributed by atoms with Crippen LogP contribution in [0.15, 0.2) is 49.1 Å². The van der Waals surface area contributed by atoms with Gasteiger partial charge in [-0.15, -0.1) is 0 Å². The first-order valence-corrected chi connectivity index (χ1v) is 10.1. The van der Waals surface area contributed by atoms with Crippen molar-refractivity contribution < 1.29 is 27.1 Å². The number of carbonyl (C=O) groups excluding carboxylic acids is 1. The van der Waals surface area contributed by atoms with Crippen LogP contribution in [0.1, 0.15) is 31.0 Å². The molecule has 0 bridgehead atoms. The van der Waals surface area contributed by atoms with E-state index < -0.39 is 29.3 Å². The van der Waals surface area contributed by atoms with E-state index in [0.29, 0.717) is 37.6 Å². The van der Waals surface area contributed by atoms with Crippen molar-refractivity contribution in [2.75, 3.05) is 6.54 Å². The molecule has 2 aromatic heterocycles. The molecule has 1 fully saturated rings. The Morgan fingerprint density at radius 3 is 2.52 bits per heavy atom. The SMILES string of the molecule is C[C@]1(c2cccc(F)c2-c2ncccn2)[C@H](Oc2cnc(C(F)(F)F)cn2)CCCN1C=O. The molecular formula is C22H19F4N5O2. The van der Waals surface area contributed by atoms with Gasteiger partial charge in [0.2, 0.25) is 12.3 Å². The molecular weight excluding hydrogens is 442 g/mol. The lowest BCUT2D eigenvalue weighted by molar-refractivity contribution is -0.141. The number of ether oxygens (including phenoxy) is 1. The van der Waals surface area contributed by atoms with Gasteiger partial charge < -0.3 is 9.64 Å². The predicted octanol–water partition coefficient (Wildman–Crippen LogP) is 4.01. The Kier molecular flexibility index (Phi) is 5.96. The summed E-state index contributed by atoms with van der Waals surface area (Å²) >= 11 is 0. The van der Waals surface area contributed by atoms with Gasteiger partial charge >= 0.3 is 6.18 Å². The minimum absolute atomic E-state index is 0.112. The van der Waals surface area contributed by atoms with E-state index in [1.807, 2.05) is 0 Å². The molecule has 4 rings (SSSR count). The van der Waals surface area contributed by atoms with E-state index in [1.165, 1.54) is 29.4 Å². The van der Waals surface area contributed by atoms with Crippen molar-refractivity contribution in [1.29, 1.82) is 0 Å². The molecule has 172 valence electrons. The van der Waals surface area contributed by atoms with Gasteiger partial charge in [-0.3, -0.25) is 4.79 Å². The molecule has 1 saturated heterocycles. The van der Waals surface area contributed by atoms with Gasteiger partial charge in [-0.05, 0) is 37.5 Å². The Labute approximate surface area is 186 Å². The molecule has 0 N–H and O–H groups in total. The van der Waals surface area contributed by atoms with Crippen LogP contribution >= 0.6 is 0 Å². The third kappa shape index (κ3) is 4.22. The number of halogens is 4. The number of piperidine rings is 1. The molecule has 1 amide bonds. The van der Waals surface area contributed by atoms with Crippen LogP contribution in [0.2, 0.25) is 0 Å². The summed E-state index contributed by atoms with van der Waals surface area (Å²) in [6, 6.07) is 6.03. The smallest absolute Gasteiger partial charge is 0.434 e. The van der Waals surface area contributed by atoms with E-state index in [4.69, 9.17) is 4.74 Å². The zero-order chi connectivity index (χ0) is 23.6. The second kappa shape index (κ2) is 8.72. The molecule has 1 aliphatic rings. The van der Waals surface area contributed by atoms with Gasteiger partial charge in [0.15, 0.2) is 11.5 Å². The second-order valence-corrected chi connectivity index (χ2v) is 7.67. The second-order valence-electron chi connectivity index (χ2n) is 7.67. The number of hydrogen-bond donors (Lipinski definition) is 0. The number of carbonyl (C=O) groups is 1. The number of benzene rings is 1. The Hall–Kier alpha value is -3.63. The van der Waals surface area contributed by atoms with Crippen LogP contribution in [0.3, 0.4) is 0 Å². The first kappa shape index (κ1) is 22.6. The van der Waals surface area contributed by atoms with Crippen LogP contribution < -0.4 is 4.74 Å². The fraction of sp³-hybridized carbons (Fsp3) is 0.318. The molecule has 0 radical (unpaired) electrons. The van der Waals surface area contributed by atoms with Crippen LogP contribution in [0.4, 0.5) is 17.6 Å². The largest absolute Gasteiger partial charge is 0.470 e. The van der Waals surface area contributed by atoms with Crippen LogP contribution in [-0.2, 0) is 16.5 Å². The molecule has 1 aliphatic heterocycles. The van der Waals surface area contributed by atoms with Crippen molar-refractivity contribution in [2.24, 2.45) is 0 Å². The van der Waals surface area contributed by atoms with Crippen LogP contribution in [-0.4, -0.2) is 43.9 Å². The van der Waals surface area contributed by atoms with Gasteiger partial charge in [0.25, 0.3) is 0 Å². The maximum atomic E-state index is 15.0. The quantitative estimate of drug-likeness (QED) is 0.422. The number of likely N-dealkylation sites (tertiary alicyclic amines) is 1. The molecule has 11 heteroatoms. The highest BCUT2D eigenvalue weighted by Gasteiger charge is 2.47. The van der Waals surface area contributed by atoms with E-state index in [1.54, 1.807) is 19.1 Å². The van der Waals surface area contributed by atoms with E-state index >= 15 is 4.39 Å². The topological polar surface area (TPSA) is 81.1 Å². The zero-order valence-corrected chi connectivity index (χ0v) is 17.5. The summed E-state index contributed by atoms with van der Waals surface area (Å²) < 4.78 is 59.5. The first-order chi connectivity index (χ1) is 15.7. The molecule has 3 aromatic rings. The minimum atomic E-state index is -4.63. The Morgan fingerprint density at radius 1 is 1.12 bits per heavy atom. The number of amides is 1. The zero-order valence-electron chi connectivity index (χ0n) is 17.5. The standard InChI is InChI=1S/C22H19F4N5O2/c1-21(14-5-2-6-15(23)19(14)20-27-8-4-9-28-20)17(7-3-10-31(21)13-32)33-18-12-29-16(11-30-18)22(24,25)26/h2,4-6,8-9,11-13,17H,3,7,10H2,1H3/t17-,21+/m1/s1. The summed E-state index contributed by atoms with van der Waals surface area (Å²) in [6.07, 6.45) is 0.686. The highest BCUT2D eigenvalue weighted by Crippen LogP contribution is 2.43. The molecule has 0 spiro atoms. The predicted molar refractivity (Wildman–Crippen MR) is 108 cm³/mol. The summed E-state index contributed by atoms with van der Waals surface area (Å²) in [5.74, 6) is -0.582. The summed E-state index contributed by atoms with van der Waals surface area (Å²) in [4.78, 5) is 29.0. The lowest BCUT2D eigenvalue weighted by Crippen LogP contribution is -2.57. The monoisotopic (exact) mass is 461 g/mol. The number of nitrogens with zero attached hydrogens (tertiary/aromatic N) is 5. The van der Waals surface area contributed by atoms with Gasteiger partial charge in [-0.2, -0.15) is 13.2 Å². The maximum absolute atomic E-state index is 15.0. The van der Waals surface area contributed by atoms with Gasteiger partial charge in [-0.25, -0.2) is 24.3 Å². The average Bonchev–Trinajstić information content (AvgIpc) is 2.80. The van der Waals surface area contributed by atoms with Gasteiger partial charge in [-0.1, -0.05) is 12.1 Å². The van der Waals surface area contributed by atoms with Gasteiger partial charge in [0.1, 0.15) is 17.5 Å². The Bertz CT molecular complexity index is 1130. The highest BCUT2D eigenvalue weighted by atomic mass is 19.4. The fourth-order valence-corrected chi connectivity index (χ4v) is 4.08. The van der Waals surface area contributed by atoms with Crippen LogP contribution in [0.25, 0.3) is 11.4 Å². The molecule has 3 heterocycles. The average molecular weight is 461 g/mol. The number of hydrogen-bond acceptors (Lipinski definition) is 6. The van der Waals surface area contributed by atoms with E-state index in [2.05, 4.69) is 19.9 Å². The first-order valence-electron chi connectivity index (χ1n) is 10.1. The Balaban J connectivity index is 1.79. The maximum Gasteiger partial charge on any atom is 0.434 e. The molecule has 0 aliphatic carbocycles. The molecule has 0 saturated carbocycles. The Morgan fingerprint density at radius 2 is 1.88 bits per heavy atom. The number of rotatable bonds is 5. The highest BCUT2D eigenvalue weighted by molar-refractivity contribution is 5.65. The molecule has 1 aromatic carbocycles. The molecule has 33 heavy (non-hydrogen) atoms. The summed E-state index contributed by atoms with van der Waals surface area (Å²) in [5.41, 5.74) is -1.82. The molecule has 7 nitrogen and oxygen atoms in total. The van der Waals surface area contributed by atoms with Crippen molar-refractivity contribution in [3.8, 4) is 17.3 Å². The van der Waals surface area contributed by atoms with E-state index in [0.717, 1.165) is 6.20 Å². The van der Waals surface area contributed by atoms with Crippen LogP contribution in [0, 0.1) is 5.82 Å². The van der Waals surface area contributed by atoms with Crippen molar-refractivity contribution in [1.82, 2.24) is 24.8 Å². The van der Waals surface area contributed by atoms with Crippen molar-refractivity contribution >= 4 is 6.41 Å². The van der Waals surface area contributed by atoms with Crippen molar-refractivity contribution in [3.05, 3.63) is 66.1 Å². The minimum Gasteiger partial charge on any atom is -0.470 e. The fourth-order valence-electron chi connectivity index (χ4n) is 4.08. The van der Waals surface area contributed by atoms with E-state index in [-0.39, 0.29) is 17.3 Å².